The van der Waals surface area contributed by atoms with Crippen LogP contribution in [-0.4, -0.2) is 53.1 Å². The van der Waals surface area contributed by atoms with E-state index in [0.717, 1.165) is 37.5 Å². The van der Waals surface area contributed by atoms with Gasteiger partial charge in [-0.1, -0.05) is 0 Å². The number of anilines is 1. The third-order valence-electron chi connectivity index (χ3n) is 4.92. The van der Waals surface area contributed by atoms with Gasteiger partial charge < -0.3 is 19.0 Å². The van der Waals surface area contributed by atoms with Crippen molar-refractivity contribution in [1.29, 1.82) is 0 Å². The molecule has 0 bridgehead atoms. The van der Waals surface area contributed by atoms with E-state index in [0.29, 0.717) is 11.6 Å². The summed E-state index contributed by atoms with van der Waals surface area (Å²) in [6.45, 7) is 3.46. The zero-order chi connectivity index (χ0) is 16.7. The molecule has 126 valence electrons. The lowest BCUT2D eigenvalue weighted by Gasteiger charge is -2.26. The SMILES string of the molecule is COc1cc(N2CC[C@H]3[C@H]2CCN3C(=O)c2ccc(C)o2)ncn1. The molecule has 0 aliphatic carbocycles. The fourth-order valence-corrected chi connectivity index (χ4v) is 3.81. The van der Waals surface area contributed by atoms with Crippen molar-refractivity contribution < 1.29 is 13.9 Å². The molecular weight excluding hydrogens is 308 g/mol. The van der Waals surface area contributed by atoms with Gasteiger partial charge in [-0.25, -0.2) is 9.97 Å². The molecule has 2 aromatic heterocycles. The number of ether oxygens (including phenoxy) is 1. The van der Waals surface area contributed by atoms with Gasteiger partial charge in [-0.05, 0) is 31.9 Å². The third-order valence-corrected chi connectivity index (χ3v) is 4.92. The highest BCUT2D eigenvalue weighted by molar-refractivity contribution is 5.92. The number of furan rings is 1. The number of carbonyl (C=O) groups excluding carboxylic acids is 1. The highest BCUT2D eigenvalue weighted by Crippen LogP contribution is 2.35. The first-order valence-corrected chi connectivity index (χ1v) is 8.17. The normalized spacial score (nSPS) is 22.8. The van der Waals surface area contributed by atoms with Crippen LogP contribution in [0.1, 0.15) is 29.2 Å². The van der Waals surface area contributed by atoms with Crippen LogP contribution < -0.4 is 9.64 Å². The van der Waals surface area contributed by atoms with Crippen LogP contribution >= 0.6 is 0 Å². The average molecular weight is 328 g/mol. The predicted molar refractivity (Wildman–Crippen MR) is 87.2 cm³/mol. The van der Waals surface area contributed by atoms with Gasteiger partial charge in [0.25, 0.3) is 5.91 Å². The number of likely N-dealkylation sites (tertiary alicyclic amines) is 1. The summed E-state index contributed by atoms with van der Waals surface area (Å²) in [6, 6.07) is 5.92. The second kappa shape index (κ2) is 5.81. The van der Waals surface area contributed by atoms with Gasteiger partial charge in [0.1, 0.15) is 17.9 Å². The van der Waals surface area contributed by atoms with Crippen molar-refractivity contribution >= 4 is 11.7 Å². The summed E-state index contributed by atoms with van der Waals surface area (Å²) in [5.41, 5.74) is 0. The average Bonchev–Trinajstić information content (AvgIpc) is 3.30. The van der Waals surface area contributed by atoms with Gasteiger partial charge in [-0.3, -0.25) is 4.79 Å². The lowest BCUT2D eigenvalue weighted by atomic mass is 10.1. The fourth-order valence-electron chi connectivity index (χ4n) is 3.81. The largest absolute Gasteiger partial charge is 0.481 e. The van der Waals surface area contributed by atoms with Crippen molar-refractivity contribution in [3.05, 3.63) is 36.0 Å². The van der Waals surface area contributed by atoms with Crippen LogP contribution in [0.4, 0.5) is 5.82 Å². The maximum Gasteiger partial charge on any atom is 0.289 e. The highest BCUT2D eigenvalue weighted by atomic mass is 16.5. The van der Waals surface area contributed by atoms with Gasteiger partial charge in [0.2, 0.25) is 5.88 Å². The van der Waals surface area contributed by atoms with E-state index in [1.165, 1.54) is 6.33 Å². The summed E-state index contributed by atoms with van der Waals surface area (Å²) in [6.07, 6.45) is 3.38. The molecule has 0 N–H and O–H groups in total. The quantitative estimate of drug-likeness (QED) is 0.857. The van der Waals surface area contributed by atoms with Crippen LogP contribution in [0.5, 0.6) is 5.88 Å². The molecule has 2 atom stereocenters. The fraction of sp³-hybridized carbons (Fsp3) is 0.471. The number of methoxy groups -OCH3 is 1. The number of aryl methyl sites for hydroxylation is 1. The summed E-state index contributed by atoms with van der Waals surface area (Å²) in [7, 11) is 1.60. The van der Waals surface area contributed by atoms with E-state index in [1.807, 2.05) is 24.0 Å². The number of amides is 1. The van der Waals surface area contributed by atoms with Gasteiger partial charge in [0, 0.05) is 19.2 Å². The molecule has 2 fully saturated rings. The number of fused-ring (bicyclic) bond motifs is 1. The number of rotatable bonds is 3. The summed E-state index contributed by atoms with van der Waals surface area (Å²) in [5, 5.41) is 0. The first kappa shape index (κ1) is 15.0. The van der Waals surface area contributed by atoms with E-state index in [1.54, 1.807) is 13.2 Å². The number of carbonyl (C=O) groups is 1. The van der Waals surface area contributed by atoms with Crippen LogP contribution in [0, 0.1) is 6.92 Å². The monoisotopic (exact) mass is 328 g/mol. The molecule has 4 heterocycles. The van der Waals surface area contributed by atoms with E-state index in [-0.39, 0.29) is 18.0 Å². The van der Waals surface area contributed by atoms with E-state index >= 15 is 0 Å². The number of aromatic nitrogens is 2. The Bertz CT molecular complexity index is 760. The van der Waals surface area contributed by atoms with Gasteiger partial charge in [0.15, 0.2) is 5.76 Å². The third kappa shape index (κ3) is 2.40. The Kier molecular flexibility index (Phi) is 3.63. The molecule has 24 heavy (non-hydrogen) atoms. The molecule has 1 amide bonds. The molecule has 7 heteroatoms. The summed E-state index contributed by atoms with van der Waals surface area (Å²) >= 11 is 0. The summed E-state index contributed by atoms with van der Waals surface area (Å²) in [4.78, 5) is 25.4. The first-order valence-electron chi connectivity index (χ1n) is 8.17. The molecule has 2 aromatic rings. The maximum absolute atomic E-state index is 12.7. The zero-order valence-corrected chi connectivity index (χ0v) is 13.8. The zero-order valence-electron chi connectivity index (χ0n) is 13.8. The molecule has 7 nitrogen and oxygen atoms in total. The van der Waals surface area contributed by atoms with E-state index in [2.05, 4.69) is 14.9 Å². The van der Waals surface area contributed by atoms with Gasteiger partial charge in [-0.2, -0.15) is 0 Å². The molecule has 4 rings (SSSR count). The van der Waals surface area contributed by atoms with Crippen LogP contribution in [0.15, 0.2) is 28.9 Å². The Labute approximate surface area is 140 Å². The standard InChI is InChI=1S/C17H20N4O3/c1-11-3-4-14(24-11)17(22)21-8-6-12-13(21)5-7-20(12)15-9-16(23-2)19-10-18-15/h3-4,9-10,12-13H,5-8H2,1-2H3/t12-,13+/m1/s1. The number of nitrogens with zero attached hydrogens (tertiary/aromatic N) is 4. The van der Waals surface area contributed by atoms with Crippen molar-refractivity contribution in [2.24, 2.45) is 0 Å². The Hall–Kier alpha value is -2.57. The molecule has 2 aliphatic heterocycles. The first-order chi connectivity index (χ1) is 11.7. The van der Waals surface area contributed by atoms with Crippen molar-refractivity contribution in [3.63, 3.8) is 0 Å². The van der Waals surface area contributed by atoms with Crippen LogP contribution in [0.3, 0.4) is 0 Å². The van der Waals surface area contributed by atoms with Crippen molar-refractivity contribution in [2.45, 2.75) is 31.8 Å². The minimum absolute atomic E-state index is 0.0160. The molecule has 0 aromatic carbocycles. The van der Waals surface area contributed by atoms with E-state index < -0.39 is 0 Å². The second-order valence-electron chi connectivity index (χ2n) is 6.23. The predicted octanol–water partition coefficient (Wildman–Crippen LogP) is 1.88. The minimum atomic E-state index is -0.0160. The number of hydrogen-bond donors (Lipinski definition) is 0. The Balaban J connectivity index is 1.54. The topological polar surface area (TPSA) is 71.7 Å². The van der Waals surface area contributed by atoms with E-state index in [4.69, 9.17) is 9.15 Å². The molecule has 0 saturated carbocycles. The molecule has 0 radical (unpaired) electrons. The molecule has 0 spiro atoms. The minimum Gasteiger partial charge on any atom is -0.481 e. The van der Waals surface area contributed by atoms with Crippen LogP contribution in [0.2, 0.25) is 0 Å². The Morgan fingerprint density at radius 3 is 2.83 bits per heavy atom. The molecular formula is C17H20N4O3. The lowest BCUT2D eigenvalue weighted by Crippen LogP contribution is -2.39. The second-order valence-corrected chi connectivity index (χ2v) is 6.23. The van der Waals surface area contributed by atoms with Crippen LogP contribution in [0.25, 0.3) is 0 Å². The van der Waals surface area contributed by atoms with Gasteiger partial charge >= 0.3 is 0 Å². The summed E-state index contributed by atoms with van der Waals surface area (Å²) in [5.74, 6) is 2.58. The molecule has 2 aliphatic rings. The van der Waals surface area contributed by atoms with Crippen LogP contribution in [-0.2, 0) is 0 Å². The molecule has 0 unspecified atom stereocenters. The van der Waals surface area contributed by atoms with Gasteiger partial charge in [-0.15, -0.1) is 0 Å². The Morgan fingerprint density at radius 1 is 1.25 bits per heavy atom. The number of hydrogen-bond acceptors (Lipinski definition) is 6. The lowest BCUT2D eigenvalue weighted by molar-refractivity contribution is 0.0704. The highest BCUT2D eigenvalue weighted by Gasteiger charge is 2.45. The maximum atomic E-state index is 12.7. The Morgan fingerprint density at radius 2 is 2.08 bits per heavy atom. The van der Waals surface area contributed by atoms with Crippen molar-refractivity contribution in [3.8, 4) is 5.88 Å². The van der Waals surface area contributed by atoms with E-state index in [9.17, 15) is 4.79 Å². The van der Waals surface area contributed by atoms with Gasteiger partial charge in [0.05, 0.1) is 19.2 Å². The summed E-state index contributed by atoms with van der Waals surface area (Å²) < 4.78 is 10.7. The smallest absolute Gasteiger partial charge is 0.289 e. The van der Waals surface area contributed by atoms with Crippen molar-refractivity contribution in [1.82, 2.24) is 14.9 Å². The molecule has 2 saturated heterocycles. The van der Waals surface area contributed by atoms with Crippen molar-refractivity contribution in [2.75, 3.05) is 25.1 Å².